The van der Waals surface area contributed by atoms with Crippen LogP contribution in [0.15, 0.2) is 29.4 Å². The molecule has 0 aromatic heterocycles. The van der Waals surface area contributed by atoms with E-state index in [-0.39, 0.29) is 41.5 Å². The van der Waals surface area contributed by atoms with Crippen LogP contribution < -0.4 is 4.74 Å². The number of carbonyl (C=O) groups is 1. The maximum atomic E-state index is 16.2. The Hall–Kier alpha value is -3.07. The van der Waals surface area contributed by atoms with Crippen molar-refractivity contribution in [1.29, 1.82) is 0 Å². The van der Waals surface area contributed by atoms with Gasteiger partial charge in [0.25, 0.3) is 0 Å². The van der Waals surface area contributed by atoms with Crippen LogP contribution in [0.3, 0.4) is 0 Å². The van der Waals surface area contributed by atoms with E-state index in [2.05, 4.69) is 10.1 Å². The third kappa shape index (κ3) is 6.62. The molecule has 1 aliphatic heterocycles. The van der Waals surface area contributed by atoms with Gasteiger partial charge in [-0.25, -0.2) is 13.2 Å². The Morgan fingerprint density at radius 1 is 1.12 bits per heavy atom. The quantitative estimate of drug-likeness (QED) is 0.351. The van der Waals surface area contributed by atoms with Gasteiger partial charge in [0, 0.05) is 42.3 Å². The molecule has 2 aromatic rings. The molecule has 216 valence electrons. The van der Waals surface area contributed by atoms with E-state index in [9.17, 15) is 18.7 Å². The fourth-order valence-electron chi connectivity index (χ4n) is 5.92. The molecular weight excluding hydrogens is 521 g/mol. The summed E-state index contributed by atoms with van der Waals surface area (Å²) in [5, 5.41) is 13.6. The van der Waals surface area contributed by atoms with Gasteiger partial charge in [0.05, 0.1) is 17.7 Å². The number of aliphatic carboxylic acids is 1. The number of benzene rings is 2. The largest absolute Gasteiger partial charge is 0.488 e. The molecule has 2 fully saturated rings. The van der Waals surface area contributed by atoms with Crippen molar-refractivity contribution in [1.82, 2.24) is 4.90 Å². The summed E-state index contributed by atoms with van der Waals surface area (Å²) in [5.74, 6) is -2.47. The van der Waals surface area contributed by atoms with Crippen molar-refractivity contribution in [2.75, 3.05) is 13.3 Å². The molecular formula is C31H37F3N2O4. The van der Waals surface area contributed by atoms with Crippen molar-refractivity contribution >= 4 is 11.7 Å². The second kappa shape index (κ2) is 12.2. The SMILES string of the molecule is CC(C)Oc1c(CN2CCC(CC3CCC(C(=O)O)CC3)=NOC2)cc(C2CC2)c(-c2ccc(F)cc2F)c1F. The Morgan fingerprint density at radius 2 is 1.88 bits per heavy atom. The molecule has 0 saturated heterocycles. The van der Waals surface area contributed by atoms with Crippen LogP contribution in [0.1, 0.15) is 82.3 Å². The Morgan fingerprint density at radius 3 is 2.52 bits per heavy atom. The van der Waals surface area contributed by atoms with Crippen LogP contribution >= 0.6 is 0 Å². The average molecular weight is 559 g/mol. The third-order valence-electron chi connectivity index (χ3n) is 8.16. The number of halogens is 3. The number of carboxylic acids is 1. The Balaban J connectivity index is 1.34. The number of oxime groups is 1. The summed E-state index contributed by atoms with van der Waals surface area (Å²) in [7, 11) is 0. The van der Waals surface area contributed by atoms with Gasteiger partial charge < -0.3 is 14.7 Å². The molecule has 1 heterocycles. The number of hydrogen-bond acceptors (Lipinski definition) is 5. The summed E-state index contributed by atoms with van der Waals surface area (Å²) in [4.78, 5) is 19.0. The molecule has 2 aliphatic carbocycles. The lowest BCUT2D eigenvalue weighted by molar-refractivity contribution is -0.143. The minimum absolute atomic E-state index is 0.0366. The summed E-state index contributed by atoms with van der Waals surface area (Å²) >= 11 is 0. The van der Waals surface area contributed by atoms with Gasteiger partial charge in [0.15, 0.2) is 18.3 Å². The van der Waals surface area contributed by atoms with Gasteiger partial charge in [-0.1, -0.05) is 5.16 Å². The van der Waals surface area contributed by atoms with Crippen molar-refractivity contribution in [3.05, 3.63) is 52.8 Å². The summed E-state index contributed by atoms with van der Waals surface area (Å²) in [6.45, 7) is 4.91. The highest BCUT2D eigenvalue weighted by molar-refractivity contribution is 5.84. The molecule has 1 N–H and O–H groups in total. The standard InChI is InChI=1S/C31H37F3N2O4/c1-18(2)40-30-22(14-26(20-7-8-20)28(29(30)34)25-10-9-23(32)15-27(25)33)16-36-12-11-24(35-39-17-36)13-19-3-5-21(6-4-19)31(37)38/h9-10,14-15,18-21H,3-8,11-13,16-17H2,1-2H3,(H,37,38). The second-order valence-corrected chi connectivity index (χ2v) is 11.7. The topological polar surface area (TPSA) is 71.4 Å². The van der Waals surface area contributed by atoms with Crippen molar-refractivity contribution in [2.24, 2.45) is 17.0 Å². The molecule has 0 atom stereocenters. The van der Waals surface area contributed by atoms with Gasteiger partial charge in [-0.3, -0.25) is 9.69 Å². The van der Waals surface area contributed by atoms with Crippen molar-refractivity contribution in [2.45, 2.75) is 83.8 Å². The molecule has 5 rings (SSSR count). The van der Waals surface area contributed by atoms with Crippen LogP contribution in [-0.4, -0.2) is 41.1 Å². The third-order valence-corrected chi connectivity index (χ3v) is 8.16. The zero-order valence-corrected chi connectivity index (χ0v) is 23.1. The molecule has 2 aromatic carbocycles. The van der Waals surface area contributed by atoms with E-state index < -0.39 is 23.4 Å². The van der Waals surface area contributed by atoms with Crippen molar-refractivity contribution < 1.29 is 32.6 Å². The van der Waals surface area contributed by atoms with Gasteiger partial charge in [-0.05, 0) is 94.4 Å². The molecule has 6 nitrogen and oxygen atoms in total. The summed E-state index contributed by atoms with van der Waals surface area (Å²) in [6.07, 6.45) is 6.11. The first-order valence-corrected chi connectivity index (χ1v) is 14.3. The maximum absolute atomic E-state index is 16.2. The lowest BCUT2D eigenvalue weighted by atomic mass is 9.79. The number of rotatable bonds is 9. The van der Waals surface area contributed by atoms with E-state index in [1.807, 2.05) is 19.9 Å². The number of carboxylic acid groups (broad SMARTS) is 1. The van der Waals surface area contributed by atoms with E-state index in [1.54, 1.807) is 0 Å². The minimum Gasteiger partial charge on any atom is -0.488 e. The highest BCUT2D eigenvalue weighted by Crippen LogP contribution is 2.49. The monoisotopic (exact) mass is 558 g/mol. The van der Waals surface area contributed by atoms with Gasteiger partial charge in [0.1, 0.15) is 11.6 Å². The van der Waals surface area contributed by atoms with Crippen LogP contribution in [0.4, 0.5) is 13.2 Å². The summed E-state index contributed by atoms with van der Waals surface area (Å²) < 4.78 is 50.7. The van der Waals surface area contributed by atoms with Crippen molar-refractivity contribution in [3.63, 3.8) is 0 Å². The molecule has 9 heteroatoms. The lowest BCUT2D eigenvalue weighted by Gasteiger charge is -2.26. The lowest BCUT2D eigenvalue weighted by Crippen LogP contribution is -2.27. The van der Waals surface area contributed by atoms with E-state index in [0.29, 0.717) is 43.8 Å². The number of hydrogen-bond donors (Lipinski definition) is 1. The minimum atomic E-state index is -0.800. The van der Waals surface area contributed by atoms with Gasteiger partial charge in [0.2, 0.25) is 0 Å². The maximum Gasteiger partial charge on any atom is 0.306 e. The van der Waals surface area contributed by atoms with E-state index in [0.717, 1.165) is 55.5 Å². The first-order chi connectivity index (χ1) is 19.2. The number of nitrogens with zero attached hydrogens (tertiary/aromatic N) is 2. The smallest absolute Gasteiger partial charge is 0.306 e. The Bertz CT molecular complexity index is 1270. The fraction of sp³-hybridized carbons (Fsp3) is 0.548. The molecule has 0 spiro atoms. The predicted octanol–water partition coefficient (Wildman–Crippen LogP) is 7.25. The first-order valence-electron chi connectivity index (χ1n) is 14.3. The van der Waals surface area contributed by atoms with E-state index >= 15 is 4.39 Å². The molecule has 0 amide bonds. The molecule has 0 unspecified atom stereocenters. The van der Waals surface area contributed by atoms with Gasteiger partial charge in [-0.2, -0.15) is 0 Å². The Kier molecular flexibility index (Phi) is 8.68. The number of ether oxygens (including phenoxy) is 1. The van der Waals surface area contributed by atoms with Crippen LogP contribution in [0.2, 0.25) is 0 Å². The first kappa shape index (κ1) is 28.5. The molecule has 0 bridgehead atoms. The predicted molar refractivity (Wildman–Crippen MR) is 146 cm³/mol. The molecule has 2 saturated carbocycles. The zero-order chi connectivity index (χ0) is 28.4. The summed E-state index contributed by atoms with van der Waals surface area (Å²) in [5.41, 5.74) is 2.54. The van der Waals surface area contributed by atoms with Crippen LogP contribution in [-0.2, 0) is 16.2 Å². The average Bonchev–Trinajstić information content (AvgIpc) is 3.76. The van der Waals surface area contributed by atoms with Gasteiger partial charge in [-0.15, -0.1) is 0 Å². The van der Waals surface area contributed by atoms with E-state index in [1.165, 1.54) is 6.07 Å². The zero-order valence-electron chi connectivity index (χ0n) is 23.1. The van der Waals surface area contributed by atoms with Crippen LogP contribution in [0, 0.1) is 29.3 Å². The van der Waals surface area contributed by atoms with Crippen molar-refractivity contribution in [3.8, 4) is 16.9 Å². The van der Waals surface area contributed by atoms with E-state index in [4.69, 9.17) is 9.57 Å². The molecule has 0 radical (unpaired) electrons. The highest BCUT2D eigenvalue weighted by Gasteiger charge is 2.33. The highest BCUT2D eigenvalue weighted by atomic mass is 19.1. The molecule has 40 heavy (non-hydrogen) atoms. The second-order valence-electron chi connectivity index (χ2n) is 11.7. The molecule has 3 aliphatic rings. The fourth-order valence-corrected chi connectivity index (χ4v) is 5.92. The summed E-state index contributed by atoms with van der Waals surface area (Å²) in [6, 6.07) is 5.15. The van der Waals surface area contributed by atoms with Gasteiger partial charge >= 0.3 is 5.97 Å². The normalized spacial score (nSPS) is 22.0. The van der Waals surface area contributed by atoms with Crippen LogP contribution in [0.25, 0.3) is 11.1 Å². The Labute approximate surface area is 233 Å². The van der Waals surface area contributed by atoms with Crippen LogP contribution in [0.5, 0.6) is 5.75 Å².